The van der Waals surface area contributed by atoms with E-state index in [9.17, 15) is 0 Å². The minimum atomic E-state index is 0.706. The van der Waals surface area contributed by atoms with E-state index in [1.807, 2.05) is 12.4 Å². The molecule has 0 aliphatic rings. The Kier molecular flexibility index (Phi) is 5.93. The molecule has 0 atom stereocenters. The number of methoxy groups -OCH3 is 1. The van der Waals surface area contributed by atoms with Gasteiger partial charge < -0.3 is 14.6 Å². The molecule has 0 fully saturated rings. The molecule has 0 saturated heterocycles. The lowest BCUT2D eigenvalue weighted by molar-refractivity contribution is 0.210. The summed E-state index contributed by atoms with van der Waals surface area (Å²) in [6.45, 7) is 7.03. The number of imidazole rings is 1. The molecular weight excluding hydrogens is 202 g/mol. The summed E-state index contributed by atoms with van der Waals surface area (Å²) >= 11 is 0. The number of ether oxygens (including phenoxy) is 1. The molecule has 1 heterocycles. The molecule has 0 amide bonds. The van der Waals surface area contributed by atoms with E-state index in [1.165, 1.54) is 12.8 Å². The Morgan fingerprint density at radius 2 is 2.19 bits per heavy atom. The lowest BCUT2D eigenvalue weighted by Crippen LogP contribution is -2.15. The molecule has 4 nitrogen and oxygen atoms in total. The first kappa shape index (κ1) is 13.0. The van der Waals surface area contributed by atoms with Crippen LogP contribution in [0.4, 0.5) is 5.95 Å². The molecule has 1 aromatic heterocycles. The van der Waals surface area contributed by atoms with Crippen LogP contribution in [0.5, 0.6) is 0 Å². The summed E-state index contributed by atoms with van der Waals surface area (Å²) in [6, 6.07) is 0. The fourth-order valence-electron chi connectivity index (χ4n) is 1.71. The third-order valence-electron chi connectivity index (χ3n) is 2.91. The van der Waals surface area contributed by atoms with Crippen LogP contribution >= 0.6 is 0 Å². The molecule has 1 rings (SSSR count). The van der Waals surface area contributed by atoms with Crippen molar-refractivity contribution in [1.29, 1.82) is 0 Å². The van der Waals surface area contributed by atoms with Crippen LogP contribution in [0.15, 0.2) is 12.4 Å². The molecule has 0 radical (unpaired) electrons. The Morgan fingerprint density at radius 1 is 1.44 bits per heavy atom. The molecular formula is C12H23N3O. The fourth-order valence-corrected chi connectivity index (χ4v) is 1.71. The van der Waals surface area contributed by atoms with Gasteiger partial charge in [-0.05, 0) is 5.92 Å². The third-order valence-corrected chi connectivity index (χ3v) is 2.91. The number of hydrogen-bond donors (Lipinski definition) is 1. The van der Waals surface area contributed by atoms with Gasteiger partial charge in [-0.15, -0.1) is 0 Å². The Bertz CT molecular complexity index is 282. The predicted octanol–water partition coefficient (Wildman–Crippen LogP) is 2.38. The average molecular weight is 225 g/mol. The van der Waals surface area contributed by atoms with E-state index in [-0.39, 0.29) is 0 Å². The first-order valence-electron chi connectivity index (χ1n) is 6.05. The summed E-state index contributed by atoms with van der Waals surface area (Å²) in [5.74, 6) is 1.68. The third kappa shape index (κ3) is 3.85. The summed E-state index contributed by atoms with van der Waals surface area (Å²) < 4.78 is 7.19. The van der Waals surface area contributed by atoms with Crippen LogP contribution in [0, 0.1) is 5.92 Å². The van der Waals surface area contributed by atoms with Gasteiger partial charge in [-0.1, -0.05) is 26.7 Å². The maximum absolute atomic E-state index is 5.00. The van der Waals surface area contributed by atoms with E-state index >= 15 is 0 Å². The molecule has 0 unspecified atom stereocenters. The van der Waals surface area contributed by atoms with Crippen LogP contribution in [0.2, 0.25) is 0 Å². The number of anilines is 1. The van der Waals surface area contributed by atoms with Crippen molar-refractivity contribution >= 4 is 5.95 Å². The Morgan fingerprint density at radius 3 is 2.81 bits per heavy atom. The van der Waals surface area contributed by atoms with E-state index in [0.717, 1.165) is 25.0 Å². The van der Waals surface area contributed by atoms with Gasteiger partial charge in [-0.3, -0.25) is 0 Å². The quantitative estimate of drug-likeness (QED) is 0.690. The van der Waals surface area contributed by atoms with Crippen molar-refractivity contribution in [3.05, 3.63) is 12.4 Å². The first-order valence-corrected chi connectivity index (χ1v) is 6.05. The summed E-state index contributed by atoms with van der Waals surface area (Å²) in [5.41, 5.74) is 0. The Balaban J connectivity index is 2.49. The molecule has 1 aromatic rings. The largest absolute Gasteiger partial charge is 0.383 e. The van der Waals surface area contributed by atoms with E-state index in [4.69, 9.17) is 4.74 Å². The smallest absolute Gasteiger partial charge is 0.202 e. The van der Waals surface area contributed by atoms with Crippen molar-refractivity contribution in [2.24, 2.45) is 5.92 Å². The van der Waals surface area contributed by atoms with E-state index < -0.39 is 0 Å². The van der Waals surface area contributed by atoms with Gasteiger partial charge in [0.2, 0.25) is 5.95 Å². The standard InChI is InChI=1S/C12H23N3O/c1-4-11(5-2)10-15-8-6-13-12(15)14-7-9-16-3/h6,8,11H,4-5,7,9-10H2,1-3H3,(H,13,14). The van der Waals surface area contributed by atoms with Crippen LogP contribution < -0.4 is 5.32 Å². The van der Waals surface area contributed by atoms with Gasteiger partial charge in [0.25, 0.3) is 0 Å². The number of nitrogens with zero attached hydrogens (tertiary/aromatic N) is 2. The number of hydrogen-bond acceptors (Lipinski definition) is 3. The second-order valence-electron chi connectivity index (χ2n) is 4.01. The van der Waals surface area contributed by atoms with Gasteiger partial charge >= 0.3 is 0 Å². The number of nitrogens with one attached hydrogen (secondary N) is 1. The zero-order valence-electron chi connectivity index (χ0n) is 10.6. The van der Waals surface area contributed by atoms with Gasteiger partial charge in [0.1, 0.15) is 0 Å². The lowest BCUT2D eigenvalue weighted by Gasteiger charge is -2.15. The fraction of sp³-hybridized carbons (Fsp3) is 0.750. The average Bonchev–Trinajstić information content (AvgIpc) is 2.74. The van der Waals surface area contributed by atoms with E-state index in [2.05, 4.69) is 28.7 Å². The highest BCUT2D eigenvalue weighted by Crippen LogP contribution is 2.14. The van der Waals surface area contributed by atoms with Crippen molar-refractivity contribution < 1.29 is 4.74 Å². The van der Waals surface area contributed by atoms with Gasteiger partial charge in [-0.25, -0.2) is 4.98 Å². The van der Waals surface area contributed by atoms with Gasteiger partial charge in [0, 0.05) is 32.6 Å². The van der Waals surface area contributed by atoms with Crippen LogP contribution in [0.3, 0.4) is 0 Å². The zero-order chi connectivity index (χ0) is 11.8. The van der Waals surface area contributed by atoms with Crippen molar-refractivity contribution in [2.45, 2.75) is 33.2 Å². The topological polar surface area (TPSA) is 39.1 Å². The number of aromatic nitrogens is 2. The molecule has 0 spiro atoms. The van der Waals surface area contributed by atoms with Crippen LogP contribution in [0.1, 0.15) is 26.7 Å². The SMILES string of the molecule is CCC(CC)Cn1ccnc1NCCOC. The second-order valence-corrected chi connectivity index (χ2v) is 4.01. The highest BCUT2D eigenvalue weighted by molar-refractivity contribution is 5.25. The first-order chi connectivity index (χ1) is 7.81. The molecule has 1 N–H and O–H groups in total. The maximum atomic E-state index is 5.00. The van der Waals surface area contributed by atoms with E-state index in [0.29, 0.717) is 6.61 Å². The zero-order valence-corrected chi connectivity index (χ0v) is 10.6. The highest BCUT2D eigenvalue weighted by Gasteiger charge is 2.07. The molecule has 0 aliphatic carbocycles. The maximum Gasteiger partial charge on any atom is 0.202 e. The van der Waals surface area contributed by atoms with Crippen molar-refractivity contribution in [1.82, 2.24) is 9.55 Å². The normalized spacial score (nSPS) is 11.0. The van der Waals surface area contributed by atoms with Crippen molar-refractivity contribution in [3.63, 3.8) is 0 Å². The van der Waals surface area contributed by atoms with Crippen LogP contribution in [0.25, 0.3) is 0 Å². The molecule has 92 valence electrons. The highest BCUT2D eigenvalue weighted by atomic mass is 16.5. The van der Waals surface area contributed by atoms with E-state index in [1.54, 1.807) is 7.11 Å². The second kappa shape index (κ2) is 7.28. The molecule has 0 bridgehead atoms. The molecule has 0 aromatic carbocycles. The monoisotopic (exact) mass is 225 g/mol. The molecule has 0 aliphatic heterocycles. The summed E-state index contributed by atoms with van der Waals surface area (Å²) in [6.07, 6.45) is 6.31. The lowest BCUT2D eigenvalue weighted by atomic mass is 10.0. The van der Waals surface area contributed by atoms with Gasteiger partial charge in [-0.2, -0.15) is 0 Å². The predicted molar refractivity (Wildman–Crippen MR) is 66.7 cm³/mol. The van der Waals surface area contributed by atoms with Crippen molar-refractivity contribution in [2.75, 3.05) is 25.6 Å². The Hall–Kier alpha value is -1.03. The van der Waals surface area contributed by atoms with Gasteiger partial charge in [0.15, 0.2) is 0 Å². The van der Waals surface area contributed by atoms with Crippen LogP contribution in [-0.2, 0) is 11.3 Å². The summed E-state index contributed by atoms with van der Waals surface area (Å²) in [5, 5.41) is 3.27. The number of rotatable bonds is 8. The minimum Gasteiger partial charge on any atom is -0.383 e. The van der Waals surface area contributed by atoms with Crippen LogP contribution in [-0.4, -0.2) is 29.8 Å². The molecule has 0 saturated carbocycles. The molecule has 16 heavy (non-hydrogen) atoms. The Labute approximate surface area is 98.0 Å². The summed E-state index contributed by atoms with van der Waals surface area (Å²) in [4.78, 5) is 4.31. The minimum absolute atomic E-state index is 0.706. The summed E-state index contributed by atoms with van der Waals surface area (Å²) in [7, 11) is 1.71. The molecule has 4 heteroatoms. The van der Waals surface area contributed by atoms with Crippen molar-refractivity contribution in [3.8, 4) is 0 Å². The van der Waals surface area contributed by atoms with Gasteiger partial charge in [0.05, 0.1) is 6.61 Å².